The van der Waals surface area contributed by atoms with Crippen LogP contribution in [-0.4, -0.2) is 19.0 Å². The monoisotopic (exact) mass is 274 g/mol. The molecule has 110 valence electrons. The van der Waals surface area contributed by atoms with Gasteiger partial charge in [0.25, 0.3) is 0 Å². The van der Waals surface area contributed by atoms with Crippen molar-refractivity contribution in [1.29, 1.82) is 0 Å². The van der Waals surface area contributed by atoms with Gasteiger partial charge in [-0.15, -0.1) is 0 Å². The fraction of sp³-hybridized carbons (Fsp3) is 0.611. The number of allylic oxidation sites excluding steroid dienone is 3. The molecule has 0 aliphatic heterocycles. The molecule has 2 bridgehead atoms. The Morgan fingerprint density at radius 2 is 2.00 bits per heavy atom. The summed E-state index contributed by atoms with van der Waals surface area (Å²) in [6.45, 7) is 12.5. The van der Waals surface area contributed by atoms with E-state index in [9.17, 15) is 4.79 Å². The fourth-order valence-electron chi connectivity index (χ4n) is 3.94. The first-order chi connectivity index (χ1) is 9.34. The Hall–Kier alpha value is -1.15. The van der Waals surface area contributed by atoms with E-state index in [2.05, 4.69) is 27.4 Å². The molecule has 0 aromatic rings. The van der Waals surface area contributed by atoms with Crippen LogP contribution in [0, 0.1) is 11.3 Å². The first kappa shape index (κ1) is 15.2. The van der Waals surface area contributed by atoms with Crippen LogP contribution in [0.25, 0.3) is 0 Å². The van der Waals surface area contributed by atoms with E-state index >= 15 is 0 Å². The quantitative estimate of drug-likeness (QED) is 0.704. The first-order valence-corrected chi connectivity index (χ1v) is 7.43. The SMILES string of the molecule is C=C/C1=C(\C)[C@H](OC)CC2=C(C)CCC(C1=O)C2(C)C. The molecule has 0 heterocycles. The summed E-state index contributed by atoms with van der Waals surface area (Å²) in [5.41, 5.74) is 4.58. The molecule has 0 spiro atoms. The van der Waals surface area contributed by atoms with Gasteiger partial charge in [-0.2, -0.15) is 0 Å². The second-order valence-electron chi connectivity index (χ2n) is 6.67. The first-order valence-electron chi connectivity index (χ1n) is 7.43. The second-order valence-corrected chi connectivity index (χ2v) is 6.67. The van der Waals surface area contributed by atoms with E-state index in [0.29, 0.717) is 0 Å². The van der Waals surface area contributed by atoms with E-state index in [1.165, 1.54) is 11.1 Å². The van der Waals surface area contributed by atoms with E-state index in [1.54, 1.807) is 13.2 Å². The number of methoxy groups -OCH3 is 1. The van der Waals surface area contributed by atoms with Gasteiger partial charge in [0, 0.05) is 18.6 Å². The van der Waals surface area contributed by atoms with Crippen molar-refractivity contribution in [3.05, 3.63) is 34.9 Å². The summed E-state index contributed by atoms with van der Waals surface area (Å²) < 4.78 is 5.66. The van der Waals surface area contributed by atoms with Crippen LogP contribution in [0.5, 0.6) is 0 Å². The molecule has 2 heteroatoms. The van der Waals surface area contributed by atoms with Gasteiger partial charge in [-0.3, -0.25) is 4.79 Å². The largest absolute Gasteiger partial charge is 0.377 e. The molecule has 0 fully saturated rings. The topological polar surface area (TPSA) is 26.3 Å². The molecule has 2 aliphatic rings. The van der Waals surface area contributed by atoms with Crippen LogP contribution < -0.4 is 0 Å². The molecule has 2 aliphatic carbocycles. The van der Waals surface area contributed by atoms with E-state index < -0.39 is 0 Å². The number of carbonyl (C=O) groups is 1. The van der Waals surface area contributed by atoms with Crippen LogP contribution in [0.1, 0.15) is 47.0 Å². The molecule has 2 atom stereocenters. The summed E-state index contributed by atoms with van der Waals surface area (Å²) in [6.07, 6.45) is 4.56. The Morgan fingerprint density at radius 3 is 2.55 bits per heavy atom. The standard InChI is InChI=1S/C18H26O2/c1-7-13-12(3)16(20-6)10-15-11(2)8-9-14(17(13)19)18(15,4)5/h7,14,16H,1,8-10H2,2-6H3/b13-12-/t14?,16-/m1/s1. The van der Waals surface area contributed by atoms with Crippen molar-refractivity contribution in [2.24, 2.45) is 11.3 Å². The van der Waals surface area contributed by atoms with E-state index in [4.69, 9.17) is 4.74 Å². The lowest BCUT2D eigenvalue weighted by atomic mass is 9.60. The molecule has 2 nitrogen and oxygen atoms in total. The zero-order valence-corrected chi connectivity index (χ0v) is 13.4. The normalized spacial score (nSPS) is 33.8. The predicted molar refractivity (Wildman–Crippen MR) is 82.5 cm³/mol. The Kier molecular flexibility index (Phi) is 4.06. The lowest BCUT2D eigenvalue weighted by Gasteiger charge is -2.44. The average Bonchev–Trinajstić information content (AvgIpc) is 2.38. The molecular weight excluding hydrogens is 248 g/mol. The number of fused-ring (bicyclic) bond motifs is 2. The van der Waals surface area contributed by atoms with Crippen molar-refractivity contribution in [3.8, 4) is 0 Å². The van der Waals surface area contributed by atoms with Crippen LogP contribution in [0.3, 0.4) is 0 Å². The molecule has 0 N–H and O–H groups in total. The van der Waals surface area contributed by atoms with Gasteiger partial charge in [-0.25, -0.2) is 0 Å². The van der Waals surface area contributed by atoms with Gasteiger partial charge in [0.1, 0.15) is 0 Å². The summed E-state index contributed by atoms with van der Waals surface area (Å²) in [5, 5.41) is 0. The third kappa shape index (κ3) is 2.20. The molecule has 1 unspecified atom stereocenters. The van der Waals surface area contributed by atoms with E-state index in [-0.39, 0.29) is 23.2 Å². The fourth-order valence-corrected chi connectivity index (χ4v) is 3.94. The zero-order valence-electron chi connectivity index (χ0n) is 13.4. The molecule has 0 aromatic carbocycles. The van der Waals surface area contributed by atoms with Crippen molar-refractivity contribution in [2.45, 2.75) is 53.1 Å². The number of carbonyl (C=O) groups excluding carboxylic acids is 1. The Bertz CT molecular complexity index is 506. The van der Waals surface area contributed by atoms with Gasteiger partial charge >= 0.3 is 0 Å². The van der Waals surface area contributed by atoms with Crippen LogP contribution in [-0.2, 0) is 9.53 Å². The molecule has 0 saturated heterocycles. The van der Waals surface area contributed by atoms with Crippen molar-refractivity contribution in [3.63, 3.8) is 0 Å². The summed E-state index contributed by atoms with van der Waals surface area (Å²) in [5.74, 6) is 0.316. The predicted octanol–water partition coefficient (Wildman–Crippen LogP) is 4.23. The highest BCUT2D eigenvalue weighted by Gasteiger charge is 2.44. The van der Waals surface area contributed by atoms with Gasteiger partial charge in [0.05, 0.1) is 6.10 Å². The van der Waals surface area contributed by atoms with Crippen LogP contribution in [0.4, 0.5) is 0 Å². The minimum absolute atomic E-state index is 0.0183. The number of rotatable bonds is 2. The summed E-state index contributed by atoms with van der Waals surface area (Å²) in [6, 6.07) is 0. The number of ketones is 1. The van der Waals surface area contributed by atoms with Gasteiger partial charge in [-0.1, -0.05) is 37.6 Å². The van der Waals surface area contributed by atoms with Crippen LogP contribution >= 0.6 is 0 Å². The van der Waals surface area contributed by atoms with Gasteiger partial charge in [0.2, 0.25) is 0 Å². The maximum absolute atomic E-state index is 12.9. The van der Waals surface area contributed by atoms with Crippen LogP contribution in [0.2, 0.25) is 0 Å². The summed E-state index contributed by atoms with van der Waals surface area (Å²) in [4.78, 5) is 12.9. The number of ether oxygens (including phenoxy) is 1. The number of hydrogen-bond donors (Lipinski definition) is 0. The zero-order chi connectivity index (χ0) is 15.1. The Balaban J connectivity index is 2.65. The van der Waals surface area contributed by atoms with E-state index in [0.717, 1.165) is 30.4 Å². The number of Topliss-reactive ketones (excluding diaryl/α,β-unsaturated/α-hetero) is 1. The Morgan fingerprint density at radius 1 is 1.35 bits per heavy atom. The summed E-state index contributed by atoms with van der Waals surface area (Å²) >= 11 is 0. The van der Waals surface area contributed by atoms with Crippen molar-refractivity contribution in [2.75, 3.05) is 7.11 Å². The third-order valence-corrected chi connectivity index (χ3v) is 5.34. The summed E-state index contributed by atoms with van der Waals surface area (Å²) in [7, 11) is 1.73. The Labute approximate surface area is 122 Å². The number of hydrogen-bond acceptors (Lipinski definition) is 2. The van der Waals surface area contributed by atoms with Gasteiger partial charge < -0.3 is 4.74 Å². The molecular formula is C18H26O2. The highest BCUT2D eigenvalue weighted by molar-refractivity contribution is 6.01. The molecule has 0 amide bonds. The minimum atomic E-state index is -0.0782. The highest BCUT2D eigenvalue weighted by atomic mass is 16.5. The molecule has 0 aromatic heterocycles. The van der Waals surface area contributed by atoms with Gasteiger partial charge in [-0.05, 0) is 44.1 Å². The smallest absolute Gasteiger partial charge is 0.166 e. The van der Waals surface area contributed by atoms with Crippen LogP contribution in [0.15, 0.2) is 34.9 Å². The van der Waals surface area contributed by atoms with Crippen molar-refractivity contribution >= 4 is 5.78 Å². The molecule has 0 radical (unpaired) electrons. The maximum Gasteiger partial charge on any atom is 0.166 e. The van der Waals surface area contributed by atoms with Crippen molar-refractivity contribution < 1.29 is 9.53 Å². The average molecular weight is 274 g/mol. The maximum atomic E-state index is 12.9. The minimum Gasteiger partial charge on any atom is -0.377 e. The lowest BCUT2D eigenvalue weighted by molar-refractivity contribution is -0.122. The third-order valence-electron chi connectivity index (χ3n) is 5.34. The molecule has 0 saturated carbocycles. The molecule has 2 rings (SSSR count). The van der Waals surface area contributed by atoms with Gasteiger partial charge in [0.15, 0.2) is 5.78 Å². The highest BCUT2D eigenvalue weighted by Crippen LogP contribution is 2.49. The second kappa shape index (κ2) is 5.33. The molecule has 20 heavy (non-hydrogen) atoms. The van der Waals surface area contributed by atoms with Crippen molar-refractivity contribution in [1.82, 2.24) is 0 Å². The van der Waals surface area contributed by atoms with E-state index in [1.807, 2.05) is 6.92 Å². The lowest BCUT2D eigenvalue weighted by Crippen LogP contribution is -2.40.